The normalized spacial score (nSPS) is 32.3. The molecule has 0 unspecified atom stereocenters. The summed E-state index contributed by atoms with van der Waals surface area (Å²) in [7, 11) is 0. The summed E-state index contributed by atoms with van der Waals surface area (Å²) in [5, 5.41) is 3.76. The van der Waals surface area contributed by atoms with Gasteiger partial charge >= 0.3 is 0 Å². The van der Waals surface area contributed by atoms with Crippen LogP contribution >= 0.6 is 11.8 Å². The van der Waals surface area contributed by atoms with E-state index in [4.69, 9.17) is 0 Å². The van der Waals surface area contributed by atoms with Crippen molar-refractivity contribution < 1.29 is 0 Å². The molecule has 0 radical (unpaired) electrons. The Balaban J connectivity index is 1.55. The van der Waals surface area contributed by atoms with Gasteiger partial charge in [0, 0.05) is 31.4 Å². The summed E-state index contributed by atoms with van der Waals surface area (Å²) >= 11 is 2.12. The molecule has 0 aromatic carbocycles. The van der Waals surface area contributed by atoms with Gasteiger partial charge in [0.05, 0.1) is 0 Å². The van der Waals surface area contributed by atoms with E-state index in [1.54, 1.807) is 0 Å². The standard InChI is InChI=1S/C14H28N2S/c1-13-3-5-14(6-4-13)15-7-9-16-8-2-11-17-12-10-16/h13-15H,2-12H2,1H3. The van der Waals surface area contributed by atoms with Gasteiger partial charge in [-0.1, -0.05) is 6.92 Å². The van der Waals surface area contributed by atoms with E-state index >= 15 is 0 Å². The molecule has 2 aliphatic rings. The first-order valence-electron chi connectivity index (χ1n) is 7.38. The van der Waals surface area contributed by atoms with Crippen molar-refractivity contribution in [2.75, 3.05) is 37.7 Å². The van der Waals surface area contributed by atoms with Crippen molar-refractivity contribution in [3.63, 3.8) is 0 Å². The van der Waals surface area contributed by atoms with Crippen LogP contribution in [0.1, 0.15) is 39.0 Å². The van der Waals surface area contributed by atoms with E-state index in [0.717, 1.165) is 12.0 Å². The highest BCUT2D eigenvalue weighted by Gasteiger charge is 2.17. The lowest BCUT2D eigenvalue weighted by atomic mass is 9.87. The molecule has 2 nitrogen and oxygen atoms in total. The van der Waals surface area contributed by atoms with Crippen molar-refractivity contribution in [3.8, 4) is 0 Å². The van der Waals surface area contributed by atoms with Crippen LogP contribution in [0.15, 0.2) is 0 Å². The summed E-state index contributed by atoms with van der Waals surface area (Å²) in [5.41, 5.74) is 0. The second-order valence-electron chi connectivity index (χ2n) is 5.72. The molecule has 1 aliphatic carbocycles. The number of thioether (sulfide) groups is 1. The molecule has 1 N–H and O–H groups in total. The van der Waals surface area contributed by atoms with E-state index in [9.17, 15) is 0 Å². The van der Waals surface area contributed by atoms with Crippen LogP contribution in [0.3, 0.4) is 0 Å². The molecule has 2 rings (SSSR count). The van der Waals surface area contributed by atoms with E-state index in [0.29, 0.717) is 0 Å². The molecular formula is C14H28N2S. The number of rotatable bonds is 4. The van der Waals surface area contributed by atoms with Gasteiger partial charge in [-0.3, -0.25) is 0 Å². The monoisotopic (exact) mass is 256 g/mol. The van der Waals surface area contributed by atoms with Crippen LogP contribution in [-0.2, 0) is 0 Å². The van der Waals surface area contributed by atoms with Crippen LogP contribution in [0.25, 0.3) is 0 Å². The Kier molecular flexibility index (Phi) is 6.16. The van der Waals surface area contributed by atoms with Gasteiger partial charge in [-0.25, -0.2) is 0 Å². The first-order chi connectivity index (χ1) is 8.34. The highest BCUT2D eigenvalue weighted by Crippen LogP contribution is 2.23. The van der Waals surface area contributed by atoms with Crippen molar-refractivity contribution in [1.29, 1.82) is 0 Å². The van der Waals surface area contributed by atoms with E-state index in [1.807, 2.05) is 0 Å². The molecule has 1 heterocycles. The van der Waals surface area contributed by atoms with Crippen molar-refractivity contribution in [1.82, 2.24) is 10.2 Å². The van der Waals surface area contributed by atoms with Crippen LogP contribution in [-0.4, -0.2) is 48.6 Å². The zero-order valence-electron chi connectivity index (χ0n) is 11.3. The Bertz CT molecular complexity index is 194. The van der Waals surface area contributed by atoms with Crippen LogP contribution in [0, 0.1) is 5.92 Å². The molecule has 1 saturated carbocycles. The van der Waals surface area contributed by atoms with Crippen LogP contribution in [0.2, 0.25) is 0 Å². The van der Waals surface area contributed by atoms with E-state index in [1.165, 1.54) is 69.8 Å². The van der Waals surface area contributed by atoms with Crippen molar-refractivity contribution in [3.05, 3.63) is 0 Å². The third-order valence-electron chi connectivity index (χ3n) is 4.19. The van der Waals surface area contributed by atoms with Crippen LogP contribution < -0.4 is 5.32 Å². The summed E-state index contributed by atoms with van der Waals surface area (Å²) < 4.78 is 0. The fraction of sp³-hybridized carbons (Fsp3) is 1.00. The second-order valence-corrected chi connectivity index (χ2v) is 6.94. The lowest BCUT2D eigenvalue weighted by Crippen LogP contribution is -2.39. The molecule has 0 spiro atoms. The Morgan fingerprint density at radius 3 is 2.76 bits per heavy atom. The smallest absolute Gasteiger partial charge is 0.0107 e. The molecule has 0 atom stereocenters. The first-order valence-corrected chi connectivity index (χ1v) is 8.53. The summed E-state index contributed by atoms with van der Waals surface area (Å²) in [6.45, 7) is 7.46. The predicted octanol–water partition coefficient (Wildman–Crippen LogP) is 2.59. The summed E-state index contributed by atoms with van der Waals surface area (Å²) in [4.78, 5) is 2.64. The number of nitrogens with one attached hydrogen (secondary N) is 1. The Labute approximate surface area is 111 Å². The van der Waals surface area contributed by atoms with Gasteiger partial charge in [-0.15, -0.1) is 0 Å². The Morgan fingerprint density at radius 1 is 1.12 bits per heavy atom. The van der Waals surface area contributed by atoms with Crippen LogP contribution in [0.4, 0.5) is 0 Å². The van der Waals surface area contributed by atoms with Crippen molar-refractivity contribution >= 4 is 11.8 Å². The quantitative estimate of drug-likeness (QED) is 0.832. The fourth-order valence-electron chi connectivity index (χ4n) is 2.91. The molecule has 1 saturated heterocycles. The third kappa shape index (κ3) is 5.19. The lowest BCUT2D eigenvalue weighted by Gasteiger charge is -2.28. The molecule has 100 valence electrons. The summed E-state index contributed by atoms with van der Waals surface area (Å²) in [6.07, 6.45) is 7.04. The molecule has 0 amide bonds. The van der Waals surface area contributed by atoms with Gasteiger partial charge in [0.1, 0.15) is 0 Å². The van der Waals surface area contributed by atoms with E-state index < -0.39 is 0 Å². The molecule has 0 bridgehead atoms. The first kappa shape index (κ1) is 13.7. The highest BCUT2D eigenvalue weighted by molar-refractivity contribution is 7.99. The van der Waals surface area contributed by atoms with Gasteiger partial charge in [-0.2, -0.15) is 11.8 Å². The summed E-state index contributed by atoms with van der Waals surface area (Å²) in [5.74, 6) is 3.67. The zero-order chi connectivity index (χ0) is 11.9. The van der Waals surface area contributed by atoms with Crippen molar-refractivity contribution in [2.24, 2.45) is 5.92 Å². The Morgan fingerprint density at radius 2 is 1.94 bits per heavy atom. The number of hydrogen-bond acceptors (Lipinski definition) is 3. The minimum atomic E-state index is 0.813. The topological polar surface area (TPSA) is 15.3 Å². The fourth-order valence-corrected chi connectivity index (χ4v) is 3.84. The van der Waals surface area contributed by atoms with Gasteiger partial charge in [0.25, 0.3) is 0 Å². The van der Waals surface area contributed by atoms with E-state index in [2.05, 4.69) is 28.9 Å². The maximum absolute atomic E-state index is 3.76. The molecule has 3 heteroatoms. The Hall–Kier alpha value is 0.270. The molecule has 17 heavy (non-hydrogen) atoms. The predicted molar refractivity (Wildman–Crippen MR) is 77.8 cm³/mol. The maximum atomic E-state index is 3.76. The molecule has 1 aliphatic heterocycles. The average Bonchev–Trinajstić information content (AvgIpc) is 2.60. The van der Waals surface area contributed by atoms with E-state index in [-0.39, 0.29) is 0 Å². The minimum Gasteiger partial charge on any atom is -0.313 e. The molecular weight excluding hydrogens is 228 g/mol. The second kappa shape index (κ2) is 7.65. The lowest BCUT2D eigenvalue weighted by molar-refractivity contribution is 0.265. The molecule has 0 aromatic rings. The highest BCUT2D eigenvalue weighted by atomic mass is 32.2. The maximum Gasteiger partial charge on any atom is 0.0107 e. The number of hydrogen-bond donors (Lipinski definition) is 1. The average molecular weight is 256 g/mol. The van der Waals surface area contributed by atoms with Gasteiger partial charge in [-0.05, 0) is 50.3 Å². The van der Waals surface area contributed by atoms with Gasteiger partial charge in [0.15, 0.2) is 0 Å². The van der Waals surface area contributed by atoms with Crippen molar-refractivity contribution in [2.45, 2.75) is 45.1 Å². The number of nitrogens with zero attached hydrogens (tertiary/aromatic N) is 1. The zero-order valence-corrected chi connectivity index (χ0v) is 12.1. The SMILES string of the molecule is CC1CCC(NCCN2CCCSCC2)CC1. The third-order valence-corrected chi connectivity index (χ3v) is 5.24. The summed E-state index contributed by atoms with van der Waals surface area (Å²) in [6, 6.07) is 0.813. The van der Waals surface area contributed by atoms with Gasteiger partial charge < -0.3 is 10.2 Å². The van der Waals surface area contributed by atoms with Crippen LogP contribution in [0.5, 0.6) is 0 Å². The molecule has 2 fully saturated rings. The largest absolute Gasteiger partial charge is 0.313 e. The van der Waals surface area contributed by atoms with Gasteiger partial charge in [0.2, 0.25) is 0 Å². The molecule has 0 aromatic heterocycles. The minimum absolute atomic E-state index is 0.813.